The van der Waals surface area contributed by atoms with Crippen LogP contribution in [0, 0.1) is 6.92 Å². The first-order chi connectivity index (χ1) is 9.19. The van der Waals surface area contributed by atoms with Crippen LogP contribution in [0.15, 0.2) is 48.5 Å². The highest BCUT2D eigenvalue weighted by atomic mass is 35.5. The van der Waals surface area contributed by atoms with Gasteiger partial charge in [0.2, 0.25) is 0 Å². The lowest BCUT2D eigenvalue weighted by atomic mass is 10.0. The van der Waals surface area contributed by atoms with Crippen LogP contribution in [-0.4, -0.2) is 0 Å². The summed E-state index contributed by atoms with van der Waals surface area (Å²) in [6.07, 6.45) is 1.06. The molecule has 2 aromatic carbocycles. The maximum Gasteiger partial charge on any atom is 0.0406 e. The van der Waals surface area contributed by atoms with Gasteiger partial charge >= 0.3 is 0 Å². The highest BCUT2D eigenvalue weighted by molar-refractivity contribution is 6.30. The molecule has 19 heavy (non-hydrogen) atoms. The van der Waals surface area contributed by atoms with Crippen LogP contribution >= 0.6 is 11.6 Å². The van der Waals surface area contributed by atoms with E-state index in [9.17, 15) is 0 Å². The standard InChI is InChI=1S/C17H20ClN/c1-3-17(15-7-9-16(18)10-8-15)19-12-14-6-4-5-13(2)11-14/h4-11,17,19H,3,12H2,1-2H3. The number of hydrogen-bond acceptors (Lipinski definition) is 1. The molecule has 0 aliphatic heterocycles. The normalized spacial score (nSPS) is 12.4. The fourth-order valence-corrected chi connectivity index (χ4v) is 2.38. The minimum atomic E-state index is 0.373. The second kappa shape index (κ2) is 6.74. The minimum absolute atomic E-state index is 0.373. The Balaban J connectivity index is 2.01. The van der Waals surface area contributed by atoms with Gasteiger partial charge in [-0.2, -0.15) is 0 Å². The maximum absolute atomic E-state index is 5.93. The molecule has 0 radical (unpaired) electrons. The molecule has 1 nitrogen and oxygen atoms in total. The van der Waals surface area contributed by atoms with Gasteiger partial charge in [0.15, 0.2) is 0 Å². The van der Waals surface area contributed by atoms with Crippen LogP contribution in [0.2, 0.25) is 5.02 Å². The summed E-state index contributed by atoms with van der Waals surface area (Å²) in [7, 11) is 0. The van der Waals surface area contributed by atoms with Gasteiger partial charge in [0.05, 0.1) is 0 Å². The summed E-state index contributed by atoms with van der Waals surface area (Å²) < 4.78 is 0. The molecule has 0 amide bonds. The van der Waals surface area contributed by atoms with E-state index < -0.39 is 0 Å². The first kappa shape index (κ1) is 14.1. The molecule has 0 spiro atoms. The molecule has 0 fully saturated rings. The average molecular weight is 274 g/mol. The van der Waals surface area contributed by atoms with Crippen molar-refractivity contribution in [1.29, 1.82) is 0 Å². The molecule has 0 heterocycles. The van der Waals surface area contributed by atoms with Crippen LogP contribution in [0.4, 0.5) is 0 Å². The lowest BCUT2D eigenvalue weighted by Gasteiger charge is -2.18. The predicted octanol–water partition coefficient (Wildman–Crippen LogP) is 4.89. The molecule has 1 atom stereocenters. The summed E-state index contributed by atoms with van der Waals surface area (Å²) >= 11 is 5.93. The van der Waals surface area contributed by atoms with Gasteiger partial charge in [0, 0.05) is 17.6 Å². The Morgan fingerprint density at radius 3 is 2.47 bits per heavy atom. The summed E-state index contributed by atoms with van der Waals surface area (Å²) in [5, 5.41) is 4.39. The zero-order valence-corrected chi connectivity index (χ0v) is 12.2. The van der Waals surface area contributed by atoms with Crippen LogP contribution in [-0.2, 0) is 6.54 Å². The highest BCUT2D eigenvalue weighted by Gasteiger charge is 2.08. The number of benzene rings is 2. The van der Waals surface area contributed by atoms with Crippen LogP contribution in [0.5, 0.6) is 0 Å². The third-order valence-electron chi connectivity index (χ3n) is 3.32. The van der Waals surface area contributed by atoms with Crippen molar-refractivity contribution >= 4 is 11.6 Å². The van der Waals surface area contributed by atoms with E-state index in [4.69, 9.17) is 11.6 Å². The summed E-state index contributed by atoms with van der Waals surface area (Å²) in [4.78, 5) is 0. The number of halogens is 1. The molecule has 2 heteroatoms. The quantitative estimate of drug-likeness (QED) is 0.818. The molecule has 100 valence electrons. The largest absolute Gasteiger partial charge is 0.306 e. The molecule has 0 aromatic heterocycles. The van der Waals surface area contributed by atoms with Crippen LogP contribution < -0.4 is 5.32 Å². The van der Waals surface area contributed by atoms with Crippen molar-refractivity contribution in [3.05, 3.63) is 70.2 Å². The molecular formula is C17H20ClN. The fourth-order valence-electron chi connectivity index (χ4n) is 2.26. The van der Waals surface area contributed by atoms with Crippen molar-refractivity contribution in [2.75, 3.05) is 0 Å². The number of nitrogens with one attached hydrogen (secondary N) is 1. The SMILES string of the molecule is CCC(NCc1cccc(C)c1)c1ccc(Cl)cc1. The maximum atomic E-state index is 5.93. The van der Waals surface area contributed by atoms with Crippen molar-refractivity contribution in [2.45, 2.75) is 32.9 Å². The van der Waals surface area contributed by atoms with E-state index in [1.807, 2.05) is 12.1 Å². The lowest BCUT2D eigenvalue weighted by molar-refractivity contribution is 0.519. The van der Waals surface area contributed by atoms with Gasteiger partial charge in [0.1, 0.15) is 0 Å². The van der Waals surface area contributed by atoms with E-state index in [1.54, 1.807) is 0 Å². The molecule has 0 saturated heterocycles. The van der Waals surface area contributed by atoms with Crippen LogP contribution in [0.25, 0.3) is 0 Å². The van der Waals surface area contributed by atoms with Gasteiger partial charge in [-0.1, -0.05) is 60.5 Å². The molecular weight excluding hydrogens is 254 g/mol. The van der Waals surface area contributed by atoms with Gasteiger partial charge in [-0.15, -0.1) is 0 Å². The third-order valence-corrected chi connectivity index (χ3v) is 3.57. The molecule has 0 aliphatic carbocycles. The Morgan fingerprint density at radius 2 is 1.84 bits per heavy atom. The monoisotopic (exact) mass is 273 g/mol. The summed E-state index contributed by atoms with van der Waals surface area (Å²) in [6, 6.07) is 17.1. The van der Waals surface area contributed by atoms with E-state index in [0.717, 1.165) is 18.0 Å². The molecule has 0 aliphatic rings. The molecule has 0 bridgehead atoms. The number of aryl methyl sites for hydroxylation is 1. The summed E-state index contributed by atoms with van der Waals surface area (Å²) in [5.74, 6) is 0. The Bertz CT molecular complexity index is 519. The minimum Gasteiger partial charge on any atom is -0.306 e. The molecule has 1 N–H and O–H groups in total. The topological polar surface area (TPSA) is 12.0 Å². The van der Waals surface area contributed by atoms with Crippen molar-refractivity contribution < 1.29 is 0 Å². The number of rotatable bonds is 5. The second-order valence-corrected chi connectivity index (χ2v) is 5.32. The van der Waals surface area contributed by atoms with Gasteiger partial charge in [-0.05, 0) is 36.6 Å². The molecule has 1 unspecified atom stereocenters. The Morgan fingerprint density at radius 1 is 1.11 bits per heavy atom. The van der Waals surface area contributed by atoms with Crippen molar-refractivity contribution in [3.63, 3.8) is 0 Å². The smallest absolute Gasteiger partial charge is 0.0406 e. The fraction of sp³-hybridized carbons (Fsp3) is 0.294. The van der Waals surface area contributed by atoms with Crippen molar-refractivity contribution in [2.24, 2.45) is 0 Å². The number of hydrogen-bond donors (Lipinski definition) is 1. The summed E-state index contributed by atoms with van der Waals surface area (Å²) in [6.45, 7) is 5.21. The Hall–Kier alpha value is -1.31. The van der Waals surface area contributed by atoms with Gasteiger partial charge in [0.25, 0.3) is 0 Å². The average Bonchev–Trinajstić information content (AvgIpc) is 2.41. The van der Waals surface area contributed by atoms with E-state index in [0.29, 0.717) is 6.04 Å². The van der Waals surface area contributed by atoms with Gasteiger partial charge in [-0.3, -0.25) is 0 Å². The third kappa shape index (κ3) is 4.09. The first-order valence-electron chi connectivity index (χ1n) is 6.73. The zero-order chi connectivity index (χ0) is 13.7. The lowest BCUT2D eigenvalue weighted by Crippen LogP contribution is -2.20. The van der Waals surface area contributed by atoms with E-state index in [2.05, 4.69) is 55.6 Å². The summed E-state index contributed by atoms with van der Waals surface area (Å²) in [5.41, 5.74) is 3.92. The van der Waals surface area contributed by atoms with Crippen molar-refractivity contribution in [3.8, 4) is 0 Å². The molecule has 0 saturated carbocycles. The van der Waals surface area contributed by atoms with Crippen molar-refractivity contribution in [1.82, 2.24) is 5.32 Å². The Labute approximate surface area is 120 Å². The van der Waals surface area contributed by atoms with E-state index in [-0.39, 0.29) is 0 Å². The van der Waals surface area contributed by atoms with Gasteiger partial charge in [-0.25, -0.2) is 0 Å². The highest BCUT2D eigenvalue weighted by Crippen LogP contribution is 2.19. The van der Waals surface area contributed by atoms with Crippen LogP contribution in [0.3, 0.4) is 0 Å². The first-order valence-corrected chi connectivity index (χ1v) is 7.11. The molecule has 2 rings (SSSR count). The van der Waals surface area contributed by atoms with Gasteiger partial charge < -0.3 is 5.32 Å². The molecule has 2 aromatic rings. The van der Waals surface area contributed by atoms with E-state index in [1.165, 1.54) is 16.7 Å². The Kier molecular flexibility index (Phi) is 5.00. The van der Waals surface area contributed by atoms with Crippen LogP contribution in [0.1, 0.15) is 36.1 Å². The predicted molar refractivity (Wildman–Crippen MR) is 82.5 cm³/mol. The zero-order valence-electron chi connectivity index (χ0n) is 11.5. The second-order valence-electron chi connectivity index (χ2n) is 4.88. The van der Waals surface area contributed by atoms with E-state index >= 15 is 0 Å².